The summed E-state index contributed by atoms with van der Waals surface area (Å²) in [6.45, 7) is 0. The lowest BCUT2D eigenvalue weighted by Gasteiger charge is -2.07. The Morgan fingerprint density at radius 1 is 1.10 bits per heavy atom. The van der Waals surface area contributed by atoms with E-state index in [-0.39, 0.29) is 5.91 Å². The number of amides is 1. The number of halogens is 2. The number of carbonyl (C=O) groups excluding carboxylic acids is 1. The third kappa shape index (κ3) is 2.09. The second-order valence-electron chi connectivity index (χ2n) is 4.44. The molecule has 0 unspecified atom stereocenters. The van der Waals surface area contributed by atoms with Crippen LogP contribution in [-0.4, -0.2) is 18.7 Å². The summed E-state index contributed by atoms with van der Waals surface area (Å²) in [6.07, 6.45) is 0. The van der Waals surface area contributed by atoms with E-state index >= 15 is 0 Å². The number of aliphatic imine (C=N–C) groups is 1. The number of hydrogen-bond donors (Lipinski definition) is 0. The van der Waals surface area contributed by atoms with Crippen molar-refractivity contribution in [2.24, 2.45) is 4.99 Å². The molecule has 2 aromatic rings. The molecule has 2 aromatic carbocycles. The number of benzene rings is 2. The molecule has 1 aliphatic heterocycles. The summed E-state index contributed by atoms with van der Waals surface area (Å²) in [6, 6.07) is 12.5. The predicted molar refractivity (Wildman–Crippen MR) is 82.5 cm³/mol. The Labute approximate surface area is 126 Å². The molecule has 0 radical (unpaired) electrons. The largest absolute Gasteiger partial charge is 0.309 e. The molecule has 0 atom stereocenters. The molecular formula is C15H10Cl2N2O. The molecule has 0 saturated carbocycles. The average Bonchev–Trinajstić information content (AvgIpc) is 2.68. The summed E-state index contributed by atoms with van der Waals surface area (Å²) < 4.78 is 0. The molecule has 0 N–H and O–H groups in total. The van der Waals surface area contributed by atoms with Crippen molar-refractivity contribution in [2.75, 3.05) is 11.9 Å². The summed E-state index contributed by atoms with van der Waals surface area (Å²) in [7, 11) is 1.73. The van der Waals surface area contributed by atoms with Crippen LogP contribution in [0.2, 0.25) is 10.0 Å². The number of likely N-dealkylation sites (N-methyl/N-ethyl adjacent to an activating group) is 1. The zero-order valence-electron chi connectivity index (χ0n) is 10.6. The summed E-state index contributed by atoms with van der Waals surface area (Å²) in [5.41, 5.74) is 2.52. The van der Waals surface area contributed by atoms with Gasteiger partial charge in [0, 0.05) is 17.6 Å². The number of nitrogens with zero attached hydrogens (tertiary/aromatic N) is 2. The van der Waals surface area contributed by atoms with Crippen molar-refractivity contribution in [3.05, 3.63) is 58.1 Å². The molecule has 3 rings (SSSR count). The van der Waals surface area contributed by atoms with E-state index in [1.165, 1.54) is 0 Å². The van der Waals surface area contributed by atoms with Crippen LogP contribution in [0.5, 0.6) is 0 Å². The maximum atomic E-state index is 12.3. The molecule has 1 heterocycles. The van der Waals surface area contributed by atoms with Gasteiger partial charge in [0.1, 0.15) is 5.71 Å². The third-order valence-corrected chi connectivity index (χ3v) is 3.72. The van der Waals surface area contributed by atoms with Crippen molar-refractivity contribution >= 4 is 46.2 Å². The van der Waals surface area contributed by atoms with Crippen LogP contribution in [0.15, 0.2) is 47.5 Å². The first-order chi connectivity index (χ1) is 9.58. The van der Waals surface area contributed by atoms with Gasteiger partial charge in [0.05, 0.1) is 16.4 Å². The Morgan fingerprint density at radius 2 is 1.85 bits per heavy atom. The van der Waals surface area contributed by atoms with Gasteiger partial charge < -0.3 is 4.90 Å². The van der Waals surface area contributed by atoms with E-state index in [1.807, 2.05) is 24.3 Å². The van der Waals surface area contributed by atoms with Crippen LogP contribution < -0.4 is 4.90 Å². The highest BCUT2D eigenvalue weighted by Gasteiger charge is 2.31. The zero-order valence-corrected chi connectivity index (χ0v) is 12.1. The van der Waals surface area contributed by atoms with Gasteiger partial charge in [0.25, 0.3) is 5.91 Å². The molecule has 0 fully saturated rings. The quantitative estimate of drug-likeness (QED) is 0.781. The summed E-state index contributed by atoms with van der Waals surface area (Å²) in [5, 5.41) is 0.988. The first-order valence-electron chi connectivity index (χ1n) is 5.99. The van der Waals surface area contributed by atoms with Crippen molar-refractivity contribution in [1.82, 2.24) is 0 Å². The van der Waals surface area contributed by atoms with Crippen LogP contribution in [0.1, 0.15) is 5.56 Å². The SMILES string of the molecule is CN1C(=O)C(=Nc2cc(Cl)ccc2Cl)c2ccccc21. The second-order valence-corrected chi connectivity index (χ2v) is 5.28. The molecule has 100 valence electrons. The molecule has 20 heavy (non-hydrogen) atoms. The summed E-state index contributed by atoms with van der Waals surface area (Å²) in [4.78, 5) is 18.3. The van der Waals surface area contributed by atoms with Gasteiger partial charge in [0.2, 0.25) is 0 Å². The molecule has 0 bridgehead atoms. The van der Waals surface area contributed by atoms with Crippen LogP contribution >= 0.6 is 23.2 Å². The van der Waals surface area contributed by atoms with Gasteiger partial charge in [-0.05, 0) is 24.3 Å². The second kappa shape index (κ2) is 4.93. The Balaban J connectivity index is 2.17. The Bertz CT molecular complexity index is 740. The van der Waals surface area contributed by atoms with E-state index in [0.717, 1.165) is 11.3 Å². The minimum Gasteiger partial charge on any atom is -0.309 e. The summed E-state index contributed by atoms with van der Waals surface area (Å²) >= 11 is 12.0. The van der Waals surface area contributed by atoms with Crippen molar-refractivity contribution in [3.8, 4) is 0 Å². The number of hydrogen-bond acceptors (Lipinski definition) is 2. The molecule has 1 amide bonds. The molecule has 0 saturated heterocycles. The number of rotatable bonds is 1. The topological polar surface area (TPSA) is 32.7 Å². The van der Waals surface area contributed by atoms with Crippen LogP contribution in [0, 0.1) is 0 Å². The fourth-order valence-corrected chi connectivity index (χ4v) is 2.48. The molecular weight excluding hydrogens is 295 g/mol. The maximum Gasteiger partial charge on any atom is 0.277 e. The van der Waals surface area contributed by atoms with Crippen molar-refractivity contribution in [2.45, 2.75) is 0 Å². The van der Waals surface area contributed by atoms with Gasteiger partial charge in [-0.25, -0.2) is 4.99 Å². The smallest absolute Gasteiger partial charge is 0.277 e. The molecule has 5 heteroatoms. The van der Waals surface area contributed by atoms with Crippen LogP contribution in [0.3, 0.4) is 0 Å². The third-order valence-electron chi connectivity index (χ3n) is 3.17. The van der Waals surface area contributed by atoms with Gasteiger partial charge in [-0.2, -0.15) is 0 Å². The van der Waals surface area contributed by atoms with E-state index < -0.39 is 0 Å². The van der Waals surface area contributed by atoms with E-state index in [1.54, 1.807) is 30.1 Å². The van der Waals surface area contributed by atoms with Crippen molar-refractivity contribution in [1.29, 1.82) is 0 Å². The zero-order chi connectivity index (χ0) is 14.3. The van der Waals surface area contributed by atoms with E-state index in [0.29, 0.717) is 21.4 Å². The average molecular weight is 305 g/mol. The van der Waals surface area contributed by atoms with E-state index in [9.17, 15) is 4.79 Å². The number of carbonyl (C=O) groups is 1. The predicted octanol–water partition coefficient (Wildman–Crippen LogP) is 4.09. The maximum absolute atomic E-state index is 12.3. The highest BCUT2D eigenvalue weighted by molar-refractivity contribution is 6.54. The highest BCUT2D eigenvalue weighted by atomic mass is 35.5. The fourth-order valence-electron chi connectivity index (χ4n) is 2.15. The van der Waals surface area contributed by atoms with Gasteiger partial charge in [0.15, 0.2) is 0 Å². The summed E-state index contributed by atoms with van der Waals surface area (Å²) in [5.74, 6) is -0.151. The first-order valence-corrected chi connectivity index (χ1v) is 6.75. The Hall–Kier alpha value is -1.84. The minimum atomic E-state index is -0.151. The lowest BCUT2D eigenvalue weighted by Crippen LogP contribution is -2.25. The molecule has 0 spiro atoms. The lowest BCUT2D eigenvalue weighted by atomic mass is 10.1. The normalized spacial score (nSPS) is 15.8. The van der Waals surface area contributed by atoms with Crippen molar-refractivity contribution < 1.29 is 4.79 Å². The molecule has 0 aromatic heterocycles. The molecule has 1 aliphatic rings. The highest BCUT2D eigenvalue weighted by Crippen LogP contribution is 2.33. The first kappa shape index (κ1) is 13.2. The van der Waals surface area contributed by atoms with Crippen LogP contribution in [-0.2, 0) is 4.79 Å². The lowest BCUT2D eigenvalue weighted by molar-refractivity contribution is -0.111. The van der Waals surface area contributed by atoms with Gasteiger partial charge in [-0.3, -0.25) is 4.79 Å². The van der Waals surface area contributed by atoms with E-state index in [4.69, 9.17) is 23.2 Å². The van der Waals surface area contributed by atoms with Gasteiger partial charge in [-0.1, -0.05) is 41.4 Å². The number of anilines is 1. The fraction of sp³-hybridized carbons (Fsp3) is 0.0667. The minimum absolute atomic E-state index is 0.151. The van der Waals surface area contributed by atoms with Crippen LogP contribution in [0.25, 0.3) is 0 Å². The monoisotopic (exact) mass is 304 g/mol. The molecule has 0 aliphatic carbocycles. The Morgan fingerprint density at radius 3 is 2.65 bits per heavy atom. The van der Waals surface area contributed by atoms with Crippen molar-refractivity contribution in [3.63, 3.8) is 0 Å². The van der Waals surface area contributed by atoms with Crippen LogP contribution in [0.4, 0.5) is 11.4 Å². The van der Waals surface area contributed by atoms with Gasteiger partial charge >= 0.3 is 0 Å². The Kier molecular flexibility index (Phi) is 3.24. The molecule has 3 nitrogen and oxygen atoms in total. The number of para-hydroxylation sites is 1. The van der Waals surface area contributed by atoms with E-state index in [2.05, 4.69) is 4.99 Å². The van der Waals surface area contributed by atoms with Gasteiger partial charge in [-0.15, -0.1) is 0 Å². The number of fused-ring (bicyclic) bond motifs is 1. The standard InChI is InChI=1S/C15H10Cl2N2O/c1-19-13-5-3-2-4-10(13)14(15(19)20)18-12-8-9(16)6-7-11(12)17/h2-8H,1H3.